The van der Waals surface area contributed by atoms with Gasteiger partial charge in [-0.1, -0.05) is 12.0 Å². The fourth-order valence-corrected chi connectivity index (χ4v) is 1.07. The SMILES string of the molecule is CCOC(=O)c1cccc(C#CC(N)=O)c1. The lowest BCUT2D eigenvalue weighted by Gasteiger charge is -2.01. The Balaban J connectivity index is 2.92. The zero-order valence-electron chi connectivity index (χ0n) is 8.82. The van der Waals surface area contributed by atoms with Gasteiger partial charge in [0, 0.05) is 5.56 Å². The van der Waals surface area contributed by atoms with Gasteiger partial charge in [0.2, 0.25) is 0 Å². The summed E-state index contributed by atoms with van der Waals surface area (Å²) in [6.07, 6.45) is 0. The van der Waals surface area contributed by atoms with E-state index in [1.54, 1.807) is 31.2 Å². The number of primary amides is 1. The molecule has 0 unspecified atom stereocenters. The zero-order chi connectivity index (χ0) is 12.0. The van der Waals surface area contributed by atoms with Gasteiger partial charge in [0.15, 0.2) is 0 Å². The number of nitrogens with two attached hydrogens (primary N) is 1. The van der Waals surface area contributed by atoms with E-state index in [0.29, 0.717) is 17.7 Å². The molecule has 0 fully saturated rings. The third-order valence-electron chi connectivity index (χ3n) is 1.70. The quantitative estimate of drug-likeness (QED) is 0.585. The molecule has 0 aliphatic rings. The van der Waals surface area contributed by atoms with E-state index in [4.69, 9.17) is 10.5 Å². The molecule has 0 aliphatic heterocycles. The smallest absolute Gasteiger partial charge is 0.338 e. The van der Waals surface area contributed by atoms with Crippen LogP contribution >= 0.6 is 0 Å². The highest BCUT2D eigenvalue weighted by atomic mass is 16.5. The predicted octanol–water partition coefficient (Wildman–Crippen LogP) is 0.700. The van der Waals surface area contributed by atoms with Crippen LogP contribution < -0.4 is 5.73 Å². The highest BCUT2D eigenvalue weighted by Gasteiger charge is 2.05. The molecular weight excluding hydrogens is 206 g/mol. The minimum atomic E-state index is -0.707. The largest absolute Gasteiger partial charge is 0.462 e. The molecule has 0 atom stereocenters. The lowest BCUT2D eigenvalue weighted by Crippen LogP contribution is -2.06. The van der Waals surface area contributed by atoms with E-state index in [9.17, 15) is 9.59 Å². The molecule has 0 spiro atoms. The van der Waals surface area contributed by atoms with Crippen molar-refractivity contribution in [1.82, 2.24) is 0 Å². The van der Waals surface area contributed by atoms with Gasteiger partial charge in [-0.3, -0.25) is 4.79 Å². The Hall–Kier alpha value is -2.28. The summed E-state index contributed by atoms with van der Waals surface area (Å²) in [5, 5.41) is 0. The number of hydrogen-bond donors (Lipinski definition) is 1. The van der Waals surface area contributed by atoms with Crippen LogP contribution in [0.15, 0.2) is 24.3 Å². The van der Waals surface area contributed by atoms with Crippen LogP contribution in [0.3, 0.4) is 0 Å². The van der Waals surface area contributed by atoms with Crippen LogP contribution in [0.2, 0.25) is 0 Å². The van der Waals surface area contributed by atoms with Crippen molar-refractivity contribution in [2.24, 2.45) is 5.73 Å². The Kier molecular flexibility index (Phi) is 4.10. The van der Waals surface area contributed by atoms with Gasteiger partial charge in [0.05, 0.1) is 12.2 Å². The molecule has 0 aromatic heterocycles. The van der Waals surface area contributed by atoms with E-state index in [2.05, 4.69) is 11.8 Å². The molecule has 2 N–H and O–H groups in total. The van der Waals surface area contributed by atoms with Crippen molar-refractivity contribution in [3.8, 4) is 11.8 Å². The third-order valence-corrected chi connectivity index (χ3v) is 1.70. The number of rotatable bonds is 2. The van der Waals surface area contributed by atoms with Crippen LogP contribution in [0.5, 0.6) is 0 Å². The van der Waals surface area contributed by atoms with E-state index < -0.39 is 11.9 Å². The maximum Gasteiger partial charge on any atom is 0.338 e. The Morgan fingerprint density at radius 3 is 2.81 bits per heavy atom. The van der Waals surface area contributed by atoms with E-state index in [0.717, 1.165) is 0 Å². The lowest BCUT2D eigenvalue weighted by atomic mass is 10.1. The standard InChI is InChI=1S/C12H11NO3/c1-2-16-12(15)10-5-3-4-9(8-10)6-7-11(13)14/h3-5,8H,2H2,1H3,(H2,13,14). The lowest BCUT2D eigenvalue weighted by molar-refractivity contribution is -0.112. The second kappa shape index (κ2) is 5.56. The number of ether oxygens (including phenoxy) is 1. The van der Waals surface area contributed by atoms with E-state index in [1.807, 2.05) is 0 Å². The summed E-state index contributed by atoms with van der Waals surface area (Å²) in [7, 11) is 0. The van der Waals surface area contributed by atoms with Gasteiger partial charge >= 0.3 is 5.97 Å². The van der Waals surface area contributed by atoms with Crippen molar-refractivity contribution in [3.63, 3.8) is 0 Å². The van der Waals surface area contributed by atoms with Crippen LogP contribution in [0.1, 0.15) is 22.8 Å². The number of hydrogen-bond acceptors (Lipinski definition) is 3. The molecule has 4 nitrogen and oxygen atoms in total. The molecule has 16 heavy (non-hydrogen) atoms. The first-order valence-corrected chi connectivity index (χ1v) is 4.72. The molecule has 1 aromatic rings. The van der Waals surface area contributed by atoms with Gasteiger partial charge in [-0.05, 0) is 31.0 Å². The molecule has 0 heterocycles. The van der Waals surface area contributed by atoms with Crippen molar-refractivity contribution in [1.29, 1.82) is 0 Å². The first-order chi connectivity index (χ1) is 7.63. The number of carbonyl (C=O) groups excluding carboxylic acids is 2. The topological polar surface area (TPSA) is 69.4 Å². The Morgan fingerprint density at radius 2 is 2.19 bits per heavy atom. The minimum absolute atomic E-state index is 0.316. The summed E-state index contributed by atoms with van der Waals surface area (Å²) in [4.78, 5) is 21.8. The second-order valence-corrected chi connectivity index (χ2v) is 2.92. The summed E-state index contributed by atoms with van der Waals surface area (Å²) in [6.45, 7) is 2.05. The second-order valence-electron chi connectivity index (χ2n) is 2.92. The number of benzene rings is 1. The van der Waals surface area contributed by atoms with Crippen LogP contribution in [0.25, 0.3) is 0 Å². The summed E-state index contributed by atoms with van der Waals surface area (Å²) in [6, 6.07) is 6.51. The fourth-order valence-electron chi connectivity index (χ4n) is 1.07. The van der Waals surface area contributed by atoms with Gasteiger partial charge in [-0.15, -0.1) is 0 Å². The van der Waals surface area contributed by atoms with Gasteiger partial charge in [-0.25, -0.2) is 4.79 Å². The summed E-state index contributed by atoms with van der Waals surface area (Å²) in [5.41, 5.74) is 5.83. The molecule has 1 rings (SSSR count). The maximum absolute atomic E-state index is 11.4. The fraction of sp³-hybridized carbons (Fsp3) is 0.167. The molecule has 1 amide bonds. The van der Waals surface area contributed by atoms with Crippen molar-refractivity contribution in [2.75, 3.05) is 6.61 Å². The van der Waals surface area contributed by atoms with Crippen LogP contribution in [-0.2, 0) is 9.53 Å². The molecule has 0 saturated heterocycles. The maximum atomic E-state index is 11.4. The molecule has 0 saturated carbocycles. The van der Waals surface area contributed by atoms with E-state index in [1.165, 1.54) is 0 Å². The van der Waals surface area contributed by atoms with Gasteiger partial charge in [0.25, 0.3) is 5.91 Å². The van der Waals surface area contributed by atoms with Gasteiger partial charge in [-0.2, -0.15) is 0 Å². The first kappa shape index (κ1) is 11.8. The average molecular weight is 217 g/mol. The van der Waals surface area contributed by atoms with Crippen molar-refractivity contribution in [2.45, 2.75) is 6.92 Å². The Bertz CT molecular complexity index is 469. The molecule has 0 radical (unpaired) electrons. The third kappa shape index (κ3) is 3.46. The van der Waals surface area contributed by atoms with Crippen LogP contribution in [-0.4, -0.2) is 18.5 Å². The minimum Gasteiger partial charge on any atom is -0.462 e. The van der Waals surface area contributed by atoms with E-state index >= 15 is 0 Å². The van der Waals surface area contributed by atoms with Gasteiger partial charge in [0.1, 0.15) is 0 Å². The van der Waals surface area contributed by atoms with Crippen LogP contribution in [0, 0.1) is 11.8 Å². The van der Waals surface area contributed by atoms with Crippen molar-refractivity contribution < 1.29 is 14.3 Å². The number of amides is 1. The molecule has 82 valence electrons. The molecule has 1 aromatic carbocycles. The summed E-state index contributed by atoms with van der Waals surface area (Å²) < 4.78 is 4.83. The van der Waals surface area contributed by atoms with E-state index in [-0.39, 0.29) is 0 Å². The Morgan fingerprint density at radius 1 is 1.44 bits per heavy atom. The normalized spacial score (nSPS) is 8.81. The summed E-state index contributed by atoms with van der Waals surface area (Å²) >= 11 is 0. The summed E-state index contributed by atoms with van der Waals surface area (Å²) in [5.74, 6) is 3.63. The highest BCUT2D eigenvalue weighted by molar-refractivity contribution is 5.93. The average Bonchev–Trinajstić information content (AvgIpc) is 2.27. The van der Waals surface area contributed by atoms with Crippen LogP contribution in [0.4, 0.5) is 0 Å². The first-order valence-electron chi connectivity index (χ1n) is 4.72. The molecule has 0 aliphatic carbocycles. The number of carbonyl (C=O) groups is 2. The molecule has 0 bridgehead atoms. The monoisotopic (exact) mass is 217 g/mol. The number of esters is 1. The highest BCUT2D eigenvalue weighted by Crippen LogP contribution is 2.05. The zero-order valence-corrected chi connectivity index (χ0v) is 8.82. The molecular formula is C12H11NO3. The van der Waals surface area contributed by atoms with Crippen molar-refractivity contribution in [3.05, 3.63) is 35.4 Å². The molecule has 4 heteroatoms. The predicted molar refractivity (Wildman–Crippen MR) is 58.5 cm³/mol. The van der Waals surface area contributed by atoms with Crippen molar-refractivity contribution >= 4 is 11.9 Å². The Labute approximate surface area is 93.4 Å². The van der Waals surface area contributed by atoms with Gasteiger partial charge < -0.3 is 10.5 Å².